The van der Waals surface area contributed by atoms with E-state index in [1.807, 2.05) is 0 Å². The van der Waals surface area contributed by atoms with Crippen molar-refractivity contribution in [1.29, 1.82) is 0 Å². The molecule has 0 aliphatic carbocycles. The fourth-order valence-electron chi connectivity index (χ4n) is 1.71. The van der Waals surface area contributed by atoms with Gasteiger partial charge in [-0.3, -0.25) is 13.8 Å². The molecule has 0 bridgehead atoms. The Bertz CT molecular complexity index is 602. The van der Waals surface area contributed by atoms with Crippen molar-refractivity contribution in [1.82, 2.24) is 0 Å². The molecule has 3 unspecified atom stereocenters. The number of halogens is 2. The maximum Gasteiger partial charge on any atom is 0.181 e. The molecule has 0 saturated carbocycles. The molecule has 1 aromatic rings. The molecule has 0 N–H and O–H groups in total. The molecule has 0 heterocycles. The van der Waals surface area contributed by atoms with E-state index in [1.165, 1.54) is 25.1 Å². The molecular formula is C13H11Cl2O5S-. The van der Waals surface area contributed by atoms with Crippen molar-refractivity contribution in [2.75, 3.05) is 5.75 Å². The van der Waals surface area contributed by atoms with Crippen LogP contribution >= 0.6 is 23.2 Å². The Morgan fingerprint density at radius 1 is 1.38 bits per heavy atom. The van der Waals surface area contributed by atoms with E-state index in [-0.39, 0.29) is 16.9 Å². The third kappa shape index (κ3) is 4.71. The Hall–Kier alpha value is -1.08. The van der Waals surface area contributed by atoms with Crippen molar-refractivity contribution in [2.45, 2.75) is 6.92 Å². The van der Waals surface area contributed by atoms with Crippen molar-refractivity contribution in [3.8, 4) is 0 Å². The Morgan fingerprint density at radius 3 is 2.48 bits per heavy atom. The summed E-state index contributed by atoms with van der Waals surface area (Å²) in [6, 6.07) is 4.04. The number of aldehydes is 1. The molecule has 8 heteroatoms. The first-order valence-electron chi connectivity index (χ1n) is 5.82. The van der Waals surface area contributed by atoms with E-state index in [2.05, 4.69) is 0 Å². The maximum absolute atomic E-state index is 12.2. The molecule has 0 saturated heterocycles. The molecule has 0 amide bonds. The zero-order valence-corrected chi connectivity index (χ0v) is 13.2. The summed E-state index contributed by atoms with van der Waals surface area (Å²) in [5.74, 6) is -4.54. The highest BCUT2D eigenvalue weighted by Crippen LogP contribution is 2.24. The zero-order valence-electron chi connectivity index (χ0n) is 10.9. The van der Waals surface area contributed by atoms with E-state index in [9.17, 15) is 23.1 Å². The molecule has 5 nitrogen and oxygen atoms in total. The second kappa shape index (κ2) is 7.79. The van der Waals surface area contributed by atoms with Crippen LogP contribution in [0.25, 0.3) is 0 Å². The number of rotatable bonds is 7. The summed E-state index contributed by atoms with van der Waals surface area (Å²) in [5.41, 5.74) is -0.0121. The molecule has 0 fully saturated rings. The number of carbonyl (C=O) groups is 3. The molecule has 0 aliphatic rings. The quantitative estimate of drug-likeness (QED) is 0.325. The molecule has 0 spiro atoms. The van der Waals surface area contributed by atoms with E-state index in [0.717, 1.165) is 0 Å². The summed E-state index contributed by atoms with van der Waals surface area (Å²) in [6.45, 7) is 1.34. The topological polar surface area (TPSA) is 91.3 Å². The van der Waals surface area contributed by atoms with Gasteiger partial charge in [0.2, 0.25) is 0 Å². The highest BCUT2D eigenvalue weighted by molar-refractivity contribution is 7.79. The van der Waals surface area contributed by atoms with Crippen molar-refractivity contribution in [3.63, 3.8) is 0 Å². The molecule has 21 heavy (non-hydrogen) atoms. The normalized spacial score (nSPS) is 15.0. The van der Waals surface area contributed by atoms with E-state index in [4.69, 9.17) is 23.2 Å². The Kier molecular flexibility index (Phi) is 6.67. The summed E-state index contributed by atoms with van der Waals surface area (Å²) < 4.78 is 21.2. The predicted molar refractivity (Wildman–Crippen MR) is 78.3 cm³/mol. The second-order valence-corrected chi connectivity index (χ2v) is 6.16. The molecule has 0 aromatic heterocycles. The summed E-state index contributed by atoms with van der Waals surface area (Å²) >= 11 is 9.13. The number of hydrogen-bond acceptors (Lipinski definition) is 5. The summed E-state index contributed by atoms with van der Waals surface area (Å²) in [7, 11) is 0. The first kappa shape index (κ1) is 18.0. The second-order valence-electron chi connectivity index (χ2n) is 4.38. The molecule has 0 radical (unpaired) electrons. The van der Waals surface area contributed by atoms with Crippen LogP contribution in [0.4, 0.5) is 0 Å². The average Bonchev–Trinajstić information content (AvgIpc) is 2.38. The van der Waals surface area contributed by atoms with Gasteiger partial charge in [0.1, 0.15) is 12.2 Å². The van der Waals surface area contributed by atoms with Gasteiger partial charge < -0.3 is 9.35 Å². The van der Waals surface area contributed by atoms with Crippen molar-refractivity contribution >= 4 is 52.1 Å². The lowest BCUT2D eigenvalue weighted by molar-refractivity contribution is -0.127. The van der Waals surface area contributed by atoms with Gasteiger partial charge in [-0.25, -0.2) is 0 Å². The predicted octanol–water partition coefficient (Wildman–Crippen LogP) is 2.08. The molecule has 1 rings (SSSR count). The lowest BCUT2D eigenvalue weighted by Crippen LogP contribution is -2.32. The summed E-state index contributed by atoms with van der Waals surface area (Å²) in [6.07, 6.45) is 0.194. The van der Waals surface area contributed by atoms with Crippen LogP contribution in [0.2, 0.25) is 10.0 Å². The maximum atomic E-state index is 12.2. The van der Waals surface area contributed by atoms with Crippen LogP contribution in [0.1, 0.15) is 17.3 Å². The van der Waals surface area contributed by atoms with Crippen molar-refractivity contribution in [3.05, 3.63) is 33.8 Å². The van der Waals surface area contributed by atoms with E-state index >= 15 is 0 Å². The smallest absolute Gasteiger partial charge is 0.181 e. The highest BCUT2D eigenvalue weighted by Gasteiger charge is 2.31. The van der Waals surface area contributed by atoms with E-state index < -0.39 is 40.2 Å². The lowest BCUT2D eigenvalue weighted by Gasteiger charge is -2.16. The first-order valence-corrected chi connectivity index (χ1v) is 7.82. The number of benzene rings is 1. The number of carbonyl (C=O) groups excluding carboxylic acids is 3. The fourth-order valence-corrected chi connectivity index (χ4v) is 2.78. The SMILES string of the molecule is CC(CS(=O)[O-])C(=O)C(C=O)C(=O)c1ccc(Cl)cc1Cl. The summed E-state index contributed by atoms with van der Waals surface area (Å²) in [5, 5.41) is 0.327. The monoisotopic (exact) mass is 349 g/mol. The van der Waals surface area contributed by atoms with Gasteiger partial charge in [-0.1, -0.05) is 41.2 Å². The lowest BCUT2D eigenvalue weighted by atomic mass is 9.89. The molecule has 3 atom stereocenters. The average molecular weight is 350 g/mol. The molecule has 0 aliphatic heterocycles. The standard InChI is InChI=1S/C13H12Cl2O5S/c1-7(6-21(19)20)12(17)10(5-16)13(18)9-3-2-8(14)4-11(9)15/h2-5,7,10H,6H2,1H3,(H,19,20)/p-1. The Balaban J connectivity index is 3.03. The van der Waals surface area contributed by atoms with Crippen LogP contribution < -0.4 is 0 Å². The van der Waals surface area contributed by atoms with Crippen LogP contribution in [0.5, 0.6) is 0 Å². The number of Topliss-reactive ketones (excluding diaryl/α,β-unsaturated/α-hetero) is 2. The van der Waals surface area contributed by atoms with Crippen molar-refractivity contribution in [2.24, 2.45) is 11.8 Å². The van der Waals surface area contributed by atoms with Crippen molar-refractivity contribution < 1.29 is 23.1 Å². The number of hydrogen-bond donors (Lipinski definition) is 0. The van der Waals surface area contributed by atoms with Gasteiger partial charge in [-0.2, -0.15) is 0 Å². The van der Waals surface area contributed by atoms with E-state index in [1.54, 1.807) is 0 Å². The van der Waals surface area contributed by atoms with Crippen LogP contribution in [0.3, 0.4) is 0 Å². The first-order chi connectivity index (χ1) is 9.77. The minimum Gasteiger partial charge on any atom is -0.772 e. The van der Waals surface area contributed by atoms with E-state index in [0.29, 0.717) is 5.02 Å². The zero-order chi connectivity index (χ0) is 16.2. The van der Waals surface area contributed by atoms with Gasteiger partial charge in [0, 0.05) is 22.3 Å². The van der Waals surface area contributed by atoms with Crippen LogP contribution in [-0.4, -0.2) is 32.4 Å². The third-order valence-electron chi connectivity index (χ3n) is 2.79. The van der Waals surface area contributed by atoms with Gasteiger partial charge in [-0.05, 0) is 18.2 Å². The van der Waals surface area contributed by atoms with Crippen LogP contribution in [-0.2, 0) is 20.7 Å². The van der Waals surface area contributed by atoms with Gasteiger partial charge in [0.25, 0.3) is 0 Å². The van der Waals surface area contributed by atoms with Gasteiger partial charge in [-0.15, -0.1) is 0 Å². The Morgan fingerprint density at radius 2 is 2.00 bits per heavy atom. The van der Waals surface area contributed by atoms with Gasteiger partial charge >= 0.3 is 0 Å². The third-order valence-corrected chi connectivity index (χ3v) is 4.11. The summed E-state index contributed by atoms with van der Waals surface area (Å²) in [4.78, 5) is 35.3. The Labute approximate surface area is 133 Å². The minimum absolute atomic E-state index is 0.0121. The minimum atomic E-state index is -2.44. The number of ketones is 2. The van der Waals surface area contributed by atoms with Crippen LogP contribution in [0.15, 0.2) is 18.2 Å². The highest BCUT2D eigenvalue weighted by atomic mass is 35.5. The van der Waals surface area contributed by atoms with Gasteiger partial charge in [0.15, 0.2) is 11.6 Å². The molecule has 114 valence electrons. The molecular weight excluding hydrogens is 339 g/mol. The fraction of sp³-hybridized carbons (Fsp3) is 0.308. The largest absolute Gasteiger partial charge is 0.772 e. The van der Waals surface area contributed by atoms with Crippen LogP contribution in [0, 0.1) is 11.8 Å². The van der Waals surface area contributed by atoms with Gasteiger partial charge in [0.05, 0.1) is 5.02 Å². The molecule has 1 aromatic carbocycles.